The number of carbonyl (C=O) groups excluding carboxylic acids is 1. The fraction of sp³-hybridized carbons (Fsp3) is 0.588. The summed E-state index contributed by atoms with van der Waals surface area (Å²) < 4.78 is 5.88. The maximum Gasteiger partial charge on any atom is 0.237 e. The number of carbonyl (C=O) groups is 1. The summed E-state index contributed by atoms with van der Waals surface area (Å²) in [5.41, 5.74) is 5.95. The zero-order valence-corrected chi connectivity index (χ0v) is 13.8. The molecule has 1 atom stereocenters. The van der Waals surface area contributed by atoms with Crippen molar-refractivity contribution in [3.8, 4) is 5.75 Å². The van der Waals surface area contributed by atoms with Crippen molar-refractivity contribution in [1.29, 1.82) is 0 Å². The van der Waals surface area contributed by atoms with Crippen LogP contribution in [0.5, 0.6) is 5.75 Å². The van der Waals surface area contributed by atoms with Crippen molar-refractivity contribution < 1.29 is 9.53 Å². The molecule has 21 heavy (non-hydrogen) atoms. The van der Waals surface area contributed by atoms with Crippen LogP contribution in [0.15, 0.2) is 24.3 Å². The molecule has 0 aliphatic heterocycles. The molecule has 1 amide bonds. The summed E-state index contributed by atoms with van der Waals surface area (Å²) in [5.74, 6) is 0.929. The van der Waals surface area contributed by atoms with Gasteiger partial charge in [0.1, 0.15) is 5.75 Å². The smallest absolute Gasteiger partial charge is 0.237 e. The third-order valence-electron chi connectivity index (χ3n) is 3.55. The van der Waals surface area contributed by atoms with Crippen LogP contribution in [-0.4, -0.2) is 24.1 Å². The van der Waals surface area contributed by atoms with Crippen molar-refractivity contribution in [3.05, 3.63) is 29.8 Å². The first-order chi connectivity index (χ1) is 9.76. The molecule has 0 saturated carbocycles. The Labute approximate surface area is 128 Å². The van der Waals surface area contributed by atoms with E-state index in [1.54, 1.807) is 0 Å². The molecule has 1 aromatic rings. The van der Waals surface area contributed by atoms with Gasteiger partial charge in [-0.25, -0.2) is 0 Å². The maximum atomic E-state index is 11.7. The molecule has 0 bridgehead atoms. The monoisotopic (exact) mass is 292 g/mol. The Kier molecular flexibility index (Phi) is 6.21. The lowest BCUT2D eigenvalue weighted by atomic mass is 9.96. The van der Waals surface area contributed by atoms with Crippen molar-refractivity contribution in [2.75, 3.05) is 6.61 Å². The predicted molar refractivity (Wildman–Crippen MR) is 86.5 cm³/mol. The van der Waals surface area contributed by atoms with E-state index in [1.165, 1.54) is 5.56 Å². The zero-order valence-electron chi connectivity index (χ0n) is 13.8. The molecule has 0 fully saturated rings. The van der Waals surface area contributed by atoms with Crippen LogP contribution in [0.1, 0.15) is 52.5 Å². The minimum absolute atomic E-state index is 0.186. The molecule has 1 rings (SSSR count). The fourth-order valence-electron chi connectivity index (χ4n) is 2.36. The highest BCUT2D eigenvalue weighted by molar-refractivity contribution is 5.84. The standard InChI is InChI=1S/C17H28N2O2/c1-12(2)14-8-6-7-9-15(14)21-11-10-17(5,16(18)20)19-13(3)4/h6-9,12-13,19H,10-11H2,1-5H3,(H2,18,20). The summed E-state index contributed by atoms with van der Waals surface area (Å²) in [6.45, 7) is 10.5. The highest BCUT2D eigenvalue weighted by Gasteiger charge is 2.31. The fourth-order valence-corrected chi connectivity index (χ4v) is 2.36. The van der Waals surface area contributed by atoms with Crippen LogP contribution in [0.2, 0.25) is 0 Å². The molecule has 1 aromatic carbocycles. The number of hydrogen-bond acceptors (Lipinski definition) is 3. The second-order valence-electron chi connectivity index (χ2n) is 6.29. The van der Waals surface area contributed by atoms with E-state index >= 15 is 0 Å². The van der Waals surface area contributed by atoms with E-state index in [1.807, 2.05) is 39.0 Å². The Bertz CT molecular complexity index is 472. The number of primary amides is 1. The van der Waals surface area contributed by atoms with E-state index in [-0.39, 0.29) is 11.9 Å². The quantitative estimate of drug-likeness (QED) is 0.774. The first kappa shape index (κ1) is 17.5. The van der Waals surface area contributed by atoms with Gasteiger partial charge in [0.15, 0.2) is 0 Å². The van der Waals surface area contributed by atoms with Gasteiger partial charge in [-0.15, -0.1) is 0 Å². The highest BCUT2D eigenvalue weighted by Crippen LogP contribution is 2.26. The number of ether oxygens (including phenoxy) is 1. The van der Waals surface area contributed by atoms with Gasteiger partial charge >= 0.3 is 0 Å². The van der Waals surface area contributed by atoms with Crippen LogP contribution in [0.3, 0.4) is 0 Å². The number of rotatable bonds is 8. The highest BCUT2D eigenvalue weighted by atomic mass is 16.5. The van der Waals surface area contributed by atoms with E-state index in [4.69, 9.17) is 10.5 Å². The average molecular weight is 292 g/mol. The first-order valence-corrected chi connectivity index (χ1v) is 7.55. The van der Waals surface area contributed by atoms with E-state index in [9.17, 15) is 4.79 Å². The van der Waals surface area contributed by atoms with E-state index in [2.05, 4.69) is 25.2 Å². The molecule has 0 radical (unpaired) electrons. The van der Waals surface area contributed by atoms with E-state index in [0.29, 0.717) is 18.9 Å². The molecule has 4 nitrogen and oxygen atoms in total. The molecule has 118 valence electrons. The lowest BCUT2D eigenvalue weighted by Crippen LogP contribution is -2.56. The lowest BCUT2D eigenvalue weighted by molar-refractivity contribution is -0.124. The average Bonchev–Trinajstić information content (AvgIpc) is 2.38. The molecule has 3 N–H and O–H groups in total. The second kappa shape index (κ2) is 7.46. The zero-order chi connectivity index (χ0) is 16.0. The number of benzene rings is 1. The van der Waals surface area contributed by atoms with Gasteiger partial charge in [-0.3, -0.25) is 4.79 Å². The number of nitrogens with two attached hydrogens (primary N) is 1. The largest absolute Gasteiger partial charge is 0.493 e. The number of nitrogens with one attached hydrogen (secondary N) is 1. The minimum atomic E-state index is -0.749. The SMILES string of the molecule is CC(C)NC(C)(CCOc1ccccc1C(C)C)C(N)=O. The van der Waals surface area contributed by atoms with E-state index < -0.39 is 5.54 Å². The molecule has 1 unspecified atom stereocenters. The topological polar surface area (TPSA) is 64.3 Å². The van der Waals surface area contributed by atoms with Gasteiger partial charge < -0.3 is 15.8 Å². The Morgan fingerprint density at radius 3 is 2.43 bits per heavy atom. The van der Waals surface area contributed by atoms with Crippen molar-refractivity contribution in [3.63, 3.8) is 0 Å². The van der Waals surface area contributed by atoms with Gasteiger partial charge in [-0.2, -0.15) is 0 Å². The van der Waals surface area contributed by atoms with Crippen LogP contribution in [-0.2, 0) is 4.79 Å². The Hall–Kier alpha value is -1.55. The number of para-hydroxylation sites is 1. The van der Waals surface area contributed by atoms with Crippen molar-refractivity contribution in [1.82, 2.24) is 5.32 Å². The summed E-state index contributed by atoms with van der Waals surface area (Å²) in [7, 11) is 0. The Morgan fingerprint density at radius 2 is 1.90 bits per heavy atom. The van der Waals surface area contributed by atoms with Gasteiger partial charge in [-0.1, -0.05) is 32.0 Å². The maximum absolute atomic E-state index is 11.7. The van der Waals surface area contributed by atoms with Crippen LogP contribution >= 0.6 is 0 Å². The summed E-state index contributed by atoms with van der Waals surface area (Å²) in [6, 6.07) is 8.19. The van der Waals surface area contributed by atoms with Gasteiger partial charge in [0.2, 0.25) is 5.91 Å². The molecule has 0 spiro atoms. The van der Waals surface area contributed by atoms with E-state index in [0.717, 1.165) is 5.75 Å². The van der Waals surface area contributed by atoms with Gasteiger partial charge in [0.25, 0.3) is 0 Å². The normalized spacial score (nSPS) is 14.2. The summed E-state index contributed by atoms with van der Waals surface area (Å²) in [5, 5.41) is 3.22. The molecule has 4 heteroatoms. The van der Waals surface area contributed by atoms with Gasteiger partial charge in [-0.05, 0) is 38.3 Å². The molecule has 0 saturated heterocycles. The van der Waals surface area contributed by atoms with Crippen LogP contribution in [0.4, 0.5) is 0 Å². The number of amides is 1. The minimum Gasteiger partial charge on any atom is -0.493 e. The molecule has 0 aromatic heterocycles. The Balaban J connectivity index is 2.69. The third kappa shape index (κ3) is 5.05. The molecule has 0 heterocycles. The predicted octanol–water partition coefficient (Wildman–Crippen LogP) is 2.82. The van der Waals surface area contributed by atoms with Crippen LogP contribution in [0.25, 0.3) is 0 Å². The summed E-state index contributed by atoms with van der Waals surface area (Å²) in [6.07, 6.45) is 0.535. The molecular weight excluding hydrogens is 264 g/mol. The summed E-state index contributed by atoms with van der Waals surface area (Å²) in [4.78, 5) is 11.7. The van der Waals surface area contributed by atoms with Gasteiger partial charge in [0, 0.05) is 12.5 Å². The van der Waals surface area contributed by atoms with Gasteiger partial charge in [0.05, 0.1) is 12.1 Å². The van der Waals surface area contributed by atoms with Crippen LogP contribution < -0.4 is 15.8 Å². The van der Waals surface area contributed by atoms with Crippen molar-refractivity contribution in [2.24, 2.45) is 5.73 Å². The number of hydrogen-bond donors (Lipinski definition) is 2. The molecule has 0 aliphatic carbocycles. The van der Waals surface area contributed by atoms with Crippen molar-refractivity contribution >= 4 is 5.91 Å². The molecular formula is C17H28N2O2. The van der Waals surface area contributed by atoms with Crippen molar-refractivity contribution in [2.45, 2.75) is 58.5 Å². The summed E-state index contributed by atoms with van der Waals surface area (Å²) >= 11 is 0. The second-order valence-corrected chi connectivity index (χ2v) is 6.29. The lowest BCUT2D eigenvalue weighted by Gasteiger charge is -2.30. The Morgan fingerprint density at radius 1 is 1.29 bits per heavy atom. The molecule has 0 aliphatic rings. The van der Waals surface area contributed by atoms with Crippen LogP contribution in [0, 0.1) is 0 Å². The third-order valence-corrected chi connectivity index (χ3v) is 3.55. The first-order valence-electron chi connectivity index (χ1n) is 7.55.